The Hall–Kier alpha value is 0.180. The molecule has 1 aliphatic heterocycles. The summed E-state index contributed by atoms with van der Waals surface area (Å²) in [6.07, 6.45) is 4.16. The topological polar surface area (TPSA) is 3.24 Å². The lowest BCUT2D eigenvalue weighted by Crippen LogP contribution is -2.31. The third-order valence-electron chi connectivity index (χ3n) is 2.08. The van der Waals surface area contributed by atoms with E-state index in [0.717, 1.165) is 11.9 Å². The highest BCUT2D eigenvalue weighted by molar-refractivity contribution is 9.09. The fourth-order valence-corrected chi connectivity index (χ4v) is 1.65. The van der Waals surface area contributed by atoms with Crippen molar-refractivity contribution in [1.29, 1.82) is 0 Å². The molecular formula is C9H16BrN. The second kappa shape index (κ2) is 4.94. The molecule has 0 aromatic heterocycles. The Labute approximate surface area is 77.6 Å². The van der Waals surface area contributed by atoms with E-state index >= 15 is 0 Å². The summed E-state index contributed by atoms with van der Waals surface area (Å²) in [5.74, 6) is 0. The first kappa shape index (κ1) is 9.27. The van der Waals surface area contributed by atoms with Crippen molar-refractivity contribution in [2.75, 3.05) is 25.0 Å². The van der Waals surface area contributed by atoms with Crippen LogP contribution in [0.25, 0.3) is 0 Å². The molecule has 0 spiro atoms. The number of halogens is 1. The van der Waals surface area contributed by atoms with Gasteiger partial charge in [-0.15, -0.1) is 0 Å². The van der Waals surface area contributed by atoms with Gasteiger partial charge in [0.1, 0.15) is 0 Å². The van der Waals surface area contributed by atoms with Crippen LogP contribution in [0, 0.1) is 0 Å². The molecule has 11 heavy (non-hydrogen) atoms. The van der Waals surface area contributed by atoms with Crippen molar-refractivity contribution in [2.24, 2.45) is 0 Å². The van der Waals surface area contributed by atoms with Crippen molar-refractivity contribution in [2.45, 2.75) is 19.3 Å². The average molecular weight is 218 g/mol. The van der Waals surface area contributed by atoms with Gasteiger partial charge in [0, 0.05) is 11.9 Å². The molecule has 1 nitrogen and oxygen atoms in total. The molecule has 1 rings (SSSR count). The van der Waals surface area contributed by atoms with Gasteiger partial charge in [0.2, 0.25) is 0 Å². The summed E-state index contributed by atoms with van der Waals surface area (Å²) in [5.41, 5.74) is 1.30. The number of hydrogen-bond donors (Lipinski definition) is 0. The summed E-state index contributed by atoms with van der Waals surface area (Å²) in [4.78, 5) is 2.49. The van der Waals surface area contributed by atoms with Crippen LogP contribution in [0.4, 0.5) is 0 Å². The van der Waals surface area contributed by atoms with Gasteiger partial charge in [-0.05, 0) is 25.9 Å². The minimum absolute atomic E-state index is 0.948. The molecule has 0 aliphatic carbocycles. The standard InChI is InChI=1S/C9H16BrN/c1-9(7-10)8-11-5-3-2-4-6-11/h1-8H2. The van der Waals surface area contributed by atoms with E-state index in [1.165, 1.54) is 37.9 Å². The highest BCUT2D eigenvalue weighted by atomic mass is 79.9. The molecule has 0 atom stereocenters. The molecule has 0 radical (unpaired) electrons. The molecule has 64 valence electrons. The molecule has 0 bridgehead atoms. The first-order chi connectivity index (χ1) is 5.33. The quantitative estimate of drug-likeness (QED) is 0.519. The Kier molecular flexibility index (Phi) is 4.16. The molecule has 0 N–H and O–H groups in total. The van der Waals surface area contributed by atoms with Crippen molar-refractivity contribution in [3.05, 3.63) is 12.2 Å². The van der Waals surface area contributed by atoms with Crippen LogP contribution < -0.4 is 0 Å². The van der Waals surface area contributed by atoms with Crippen LogP contribution >= 0.6 is 15.9 Å². The van der Waals surface area contributed by atoms with Crippen LogP contribution in [0.2, 0.25) is 0 Å². The Bertz CT molecular complexity index is 128. The highest BCUT2D eigenvalue weighted by Gasteiger charge is 2.09. The van der Waals surface area contributed by atoms with Crippen LogP contribution in [-0.4, -0.2) is 29.9 Å². The van der Waals surface area contributed by atoms with Crippen molar-refractivity contribution in [3.63, 3.8) is 0 Å². The molecule has 1 fully saturated rings. The minimum atomic E-state index is 0.948. The van der Waals surface area contributed by atoms with Gasteiger partial charge in [-0.25, -0.2) is 0 Å². The van der Waals surface area contributed by atoms with Crippen molar-refractivity contribution >= 4 is 15.9 Å². The Morgan fingerprint density at radius 2 is 1.91 bits per heavy atom. The smallest absolute Gasteiger partial charge is 0.0251 e. The SMILES string of the molecule is C=C(CBr)CN1CCCCC1. The predicted molar refractivity (Wildman–Crippen MR) is 53.2 cm³/mol. The molecule has 2 heteroatoms. The van der Waals surface area contributed by atoms with E-state index in [4.69, 9.17) is 0 Å². The maximum absolute atomic E-state index is 3.98. The van der Waals surface area contributed by atoms with E-state index < -0.39 is 0 Å². The van der Waals surface area contributed by atoms with Gasteiger partial charge < -0.3 is 0 Å². The van der Waals surface area contributed by atoms with Crippen LogP contribution in [0.15, 0.2) is 12.2 Å². The Balaban J connectivity index is 2.19. The molecule has 0 unspecified atom stereocenters. The second-order valence-corrected chi connectivity index (χ2v) is 3.78. The Morgan fingerprint density at radius 1 is 1.27 bits per heavy atom. The molecular weight excluding hydrogens is 202 g/mol. The van der Waals surface area contributed by atoms with Gasteiger partial charge >= 0.3 is 0 Å². The van der Waals surface area contributed by atoms with Crippen LogP contribution in [0.3, 0.4) is 0 Å². The zero-order valence-electron chi connectivity index (χ0n) is 6.98. The van der Waals surface area contributed by atoms with Crippen molar-refractivity contribution < 1.29 is 0 Å². The van der Waals surface area contributed by atoms with Crippen molar-refractivity contribution in [1.82, 2.24) is 4.90 Å². The molecule has 0 saturated carbocycles. The van der Waals surface area contributed by atoms with Crippen LogP contribution in [0.1, 0.15) is 19.3 Å². The van der Waals surface area contributed by atoms with E-state index in [0.29, 0.717) is 0 Å². The van der Waals surface area contributed by atoms with E-state index in [2.05, 4.69) is 27.4 Å². The summed E-state index contributed by atoms with van der Waals surface area (Å²) < 4.78 is 0. The monoisotopic (exact) mass is 217 g/mol. The normalized spacial score (nSPS) is 20.1. The zero-order chi connectivity index (χ0) is 8.10. The number of piperidine rings is 1. The van der Waals surface area contributed by atoms with E-state index in [9.17, 15) is 0 Å². The van der Waals surface area contributed by atoms with E-state index in [1.54, 1.807) is 0 Å². The summed E-state index contributed by atoms with van der Waals surface area (Å²) in [6.45, 7) is 7.61. The van der Waals surface area contributed by atoms with Gasteiger partial charge in [0.15, 0.2) is 0 Å². The third-order valence-corrected chi connectivity index (χ3v) is 2.88. The van der Waals surface area contributed by atoms with Gasteiger partial charge in [0.05, 0.1) is 0 Å². The first-order valence-electron chi connectivity index (χ1n) is 4.28. The summed E-state index contributed by atoms with van der Waals surface area (Å²) in [7, 11) is 0. The third kappa shape index (κ3) is 3.39. The lowest BCUT2D eigenvalue weighted by Gasteiger charge is -2.26. The van der Waals surface area contributed by atoms with Gasteiger partial charge in [-0.2, -0.15) is 0 Å². The molecule has 1 aliphatic rings. The number of nitrogens with zero attached hydrogens (tertiary/aromatic N) is 1. The van der Waals surface area contributed by atoms with Crippen LogP contribution in [0.5, 0.6) is 0 Å². The van der Waals surface area contributed by atoms with Crippen molar-refractivity contribution in [3.8, 4) is 0 Å². The minimum Gasteiger partial charge on any atom is -0.299 e. The van der Waals surface area contributed by atoms with Crippen LogP contribution in [-0.2, 0) is 0 Å². The lowest BCUT2D eigenvalue weighted by atomic mass is 10.1. The predicted octanol–water partition coefficient (Wildman–Crippen LogP) is 2.42. The average Bonchev–Trinajstić information content (AvgIpc) is 2.06. The van der Waals surface area contributed by atoms with E-state index in [-0.39, 0.29) is 0 Å². The number of likely N-dealkylation sites (tertiary alicyclic amines) is 1. The summed E-state index contributed by atoms with van der Waals surface area (Å²) in [5, 5.41) is 0.948. The fourth-order valence-electron chi connectivity index (χ4n) is 1.48. The number of alkyl halides is 1. The zero-order valence-corrected chi connectivity index (χ0v) is 8.57. The van der Waals surface area contributed by atoms with Gasteiger partial charge in [0.25, 0.3) is 0 Å². The molecule has 1 heterocycles. The maximum atomic E-state index is 3.98. The molecule has 1 saturated heterocycles. The highest BCUT2D eigenvalue weighted by Crippen LogP contribution is 2.10. The fraction of sp³-hybridized carbons (Fsp3) is 0.778. The number of hydrogen-bond acceptors (Lipinski definition) is 1. The largest absolute Gasteiger partial charge is 0.299 e. The van der Waals surface area contributed by atoms with E-state index in [1.807, 2.05) is 0 Å². The molecule has 0 aromatic rings. The first-order valence-corrected chi connectivity index (χ1v) is 5.40. The molecule has 0 amide bonds. The summed E-state index contributed by atoms with van der Waals surface area (Å²) >= 11 is 3.42. The second-order valence-electron chi connectivity index (χ2n) is 3.22. The lowest BCUT2D eigenvalue weighted by molar-refractivity contribution is 0.247. The van der Waals surface area contributed by atoms with Gasteiger partial charge in [-0.3, -0.25) is 4.90 Å². The summed E-state index contributed by atoms with van der Waals surface area (Å²) in [6, 6.07) is 0. The maximum Gasteiger partial charge on any atom is 0.0251 e. The Morgan fingerprint density at radius 3 is 2.45 bits per heavy atom. The molecule has 0 aromatic carbocycles. The van der Waals surface area contributed by atoms with Gasteiger partial charge in [-0.1, -0.05) is 34.5 Å². The number of rotatable bonds is 3.